The standard InChI is InChI=1S/C12H14N2O4S/c15-9-4-3-7(6-13-9)11(16)14-10(12(17)18)8-2-1-5-19-8/h1-2,5,7,10H,3-4,6H2,(H,13,15)(H,14,16)(H,17,18). The van der Waals surface area contributed by atoms with Gasteiger partial charge in [0.25, 0.3) is 0 Å². The molecule has 1 aromatic heterocycles. The molecule has 0 aliphatic carbocycles. The second-order valence-electron chi connectivity index (χ2n) is 4.33. The predicted molar refractivity (Wildman–Crippen MR) is 68.6 cm³/mol. The highest BCUT2D eigenvalue weighted by atomic mass is 32.1. The molecule has 19 heavy (non-hydrogen) atoms. The molecule has 1 aromatic rings. The highest BCUT2D eigenvalue weighted by Crippen LogP contribution is 2.20. The minimum atomic E-state index is -1.09. The number of carboxylic acid groups (broad SMARTS) is 1. The SMILES string of the molecule is O=C1CCC(C(=O)NC(C(=O)O)c2cccs2)CN1. The number of hydrogen-bond acceptors (Lipinski definition) is 4. The quantitative estimate of drug-likeness (QED) is 0.750. The molecule has 3 N–H and O–H groups in total. The van der Waals surface area contributed by atoms with Crippen molar-refractivity contribution in [3.8, 4) is 0 Å². The van der Waals surface area contributed by atoms with Crippen molar-refractivity contribution in [3.63, 3.8) is 0 Å². The zero-order valence-electron chi connectivity index (χ0n) is 10.1. The summed E-state index contributed by atoms with van der Waals surface area (Å²) >= 11 is 1.28. The van der Waals surface area contributed by atoms with Gasteiger partial charge in [0.05, 0.1) is 5.92 Å². The van der Waals surface area contributed by atoms with Crippen LogP contribution in [0.4, 0.5) is 0 Å². The Labute approximate surface area is 113 Å². The smallest absolute Gasteiger partial charge is 0.331 e. The first-order valence-electron chi connectivity index (χ1n) is 5.91. The van der Waals surface area contributed by atoms with Crippen molar-refractivity contribution in [2.24, 2.45) is 5.92 Å². The number of aliphatic carboxylic acids is 1. The number of piperidine rings is 1. The average Bonchev–Trinajstić information content (AvgIpc) is 2.89. The van der Waals surface area contributed by atoms with Crippen LogP contribution in [0.3, 0.4) is 0 Å². The molecule has 2 heterocycles. The Bertz CT molecular complexity index is 476. The lowest BCUT2D eigenvalue weighted by atomic mass is 9.98. The molecule has 2 atom stereocenters. The van der Waals surface area contributed by atoms with Crippen LogP contribution in [0.5, 0.6) is 0 Å². The number of rotatable bonds is 4. The van der Waals surface area contributed by atoms with E-state index in [1.165, 1.54) is 11.3 Å². The van der Waals surface area contributed by atoms with Gasteiger partial charge in [-0.1, -0.05) is 6.07 Å². The summed E-state index contributed by atoms with van der Waals surface area (Å²) in [5.74, 6) is -1.85. The largest absolute Gasteiger partial charge is 0.479 e. The third-order valence-corrected chi connectivity index (χ3v) is 3.93. The number of carbonyl (C=O) groups is 3. The maximum absolute atomic E-state index is 12.0. The van der Waals surface area contributed by atoms with E-state index in [9.17, 15) is 14.4 Å². The molecule has 102 valence electrons. The molecule has 2 rings (SSSR count). The second kappa shape index (κ2) is 5.83. The summed E-state index contributed by atoms with van der Waals surface area (Å²) in [7, 11) is 0. The van der Waals surface area contributed by atoms with Crippen LogP contribution in [0.1, 0.15) is 23.8 Å². The monoisotopic (exact) mass is 282 g/mol. The number of carboxylic acids is 1. The van der Waals surface area contributed by atoms with E-state index >= 15 is 0 Å². The zero-order chi connectivity index (χ0) is 13.8. The second-order valence-corrected chi connectivity index (χ2v) is 5.31. The lowest BCUT2D eigenvalue weighted by Gasteiger charge is -2.23. The van der Waals surface area contributed by atoms with Gasteiger partial charge in [0.2, 0.25) is 11.8 Å². The lowest BCUT2D eigenvalue weighted by Crippen LogP contribution is -2.45. The molecule has 0 spiro atoms. The molecule has 2 amide bonds. The summed E-state index contributed by atoms with van der Waals surface area (Å²) in [5, 5.41) is 16.0. The van der Waals surface area contributed by atoms with Crippen molar-refractivity contribution in [1.29, 1.82) is 0 Å². The molecule has 6 nitrogen and oxygen atoms in total. The number of thiophene rings is 1. The van der Waals surface area contributed by atoms with E-state index in [1.54, 1.807) is 17.5 Å². The number of carbonyl (C=O) groups excluding carboxylic acids is 2. The van der Waals surface area contributed by atoms with Crippen LogP contribution in [-0.4, -0.2) is 29.4 Å². The van der Waals surface area contributed by atoms with Gasteiger partial charge in [0, 0.05) is 17.8 Å². The normalized spacial score (nSPS) is 20.4. The van der Waals surface area contributed by atoms with Gasteiger partial charge in [-0.25, -0.2) is 4.79 Å². The van der Waals surface area contributed by atoms with Gasteiger partial charge < -0.3 is 15.7 Å². The summed E-state index contributed by atoms with van der Waals surface area (Å²) in [5.41, 5.74) is 0. The number of hydrogen-bond donors (Lipinski definition) is 3. The molecular weight excluding hydrogens is 268 g/mol. The summed E-state index contributed by atoms with van der Waals surface area (Å²) in [6.07, 6.45) is 0.753. The van der Waals surface area contributed by atoms with Gasteiger partial charge in [-0.3, -0.25) is 9.59 Å². The van der Waals surface area contributed by atoms with Crippen LogP contribution >= 0.6 is 11.3 Å². The summed E-state index contributed by atoms with van der Waals surface area (Å²) in [4.78, 5) is 34.8. The van der Waals surface area contributed by atoms with Crippen LogP contribution in [-0.2, 0) is 14.4 Å². The molecule has 1 aliphatic rings. The predicted octanol–water partition coefficient (Wildman–Crippen LogP) is 0.516. The first-order valence-corrected chi connectivity index (χ1v) is 6.79. The molecule has 1 saturated heterocycles. The van der Waals surface area contributed by atoms with Gasteiger partial charge in [-0.15, -0.1) is 11.3 Å². The third kappa shape index (κ3) is 3.31. The molecule has 0 radical (unpaired) electrons. The summed E-state index contributed by atoms with van der Waals surface area (Å²) in [6, 6.07) is 2.39. The van der Waals surface area contributed by atoms with Gasteiger partial charge in [0.15, 0.2) is 6.04 Å². The van der Waals surface area contributed by atoms with Crippen LogP contribution in [0.15, 0.2) is 17.5 Å². The fraction of sp³-hybridized carbons (Fsp3) is 0.417. The van der Waals surface area contributed by atoms with Crippen molar-refractivity contribution < 1.29 is 19.5 Å². The minimum Gasteiger partial charge on any atom is -0.479 e. The molecule has 0 saturated carbocycles. The van der Waals surface area contributed by atoms with Gasteiger partial charge in [-0.2, -0.15) is 0 Å². The Balaban J connectivity index is 2.00. The molecule has 7 heteroatoms. The number of amides is 2. The maximum Gasteiger partial charge on any atom is 0.331 e. The average molecular weight is 282 g/mol. The van der Waals surface area contributed by atoms with Crippen LogP contribution < -0.4 is 10.6 Å². The van der Waals surface area contributed by atoms with E-state index in [0.29, 0.717) is 17.7 Å². The maximum atomic E-state index is 12.0. The van der Waals surface area contributed by atoms with Crippen LogP contribution in [0.2, 0.25) is 0 Å². The zero-order valence-corrected chi connectivity index (χ0v) is 10.9. The Morgan fingerprint density at radius 3 is 2.84 bits per heavy atom. The fourth-order valence-electron chi connectivity index (χ4n) is 1.93. The van der Waals surface area contributed by atoms with Crippen LogP contribution in [0, 0.1) is 5.92 Å². The fourth-order valence-corrected chi connectivity index (χ4v) is 2.69. The Kier molecular flexibility index (Phi) is 4.16. The Hall–Kier alpha value is -1.89. The molecule has 0 aromatic carbocycles. The number of nitrogens with one attached hydrogen (secondary N) is 2. The Morgan fingerprint density at radius 1 is 1.53 bits per heavy atom. The van der Waals surface area contributed by atoms with Gasteiger partial charge in [0.1, 0.15) is 0 Å². The topological polar surface area (TPSA) is 95.5 Å². The first-order chi connectivity index (χ1) is 9.08. The van der Waals surface area contributed by atoms with Crippen molar-refractivity contribution in [2.45, 2.75) is 18.9 Å². The molecular formula is C12H14N2O4S. The van der Waals surface area contributed by atoms with E-state index in [4.69, 9.17) is 5.11 Å². The summed E-state index contributed by atoms with van der Waals surface area (Å²) in [6.45, 7) is 0.265. The first kappa shape index (κ1) is 13.5. The lowest BCUT2D eigenvalue weighted by molar-refractivity contribution is -0.143. The molecule has 2 unspecified atom stereocenters. The Morgan fingerprint density at radius 2 is 2.32 bits per heavy atom. The molecule has 0 bridgehead atoms. The molecule has 1 aliphatic heterocycles. The van der Waals surface area contributed by atoms with E-state index in [0.717, 1.165) is 0 Å². The van der Waals surface area contributed by atoms with Crippen molar-refractivity contribution in [2.75, 3.05) is 6.54 Å². The van der Waals surface area contributed by atoms with Crippen molar-refractivity contribution in [3.05, 3.63) is 22.4 Å². The van der Waals surface area contributed by atoms with E-state index in [2.05, 4.69) is 10.6 Å². The summed E-state index contributed by atoms with van der Waals surface area (Å²) < 4.78 is 0. The van der Waals surface area contributed by atoms with E-state index in [1.807, 2.05) is 0 Å². The van der Waals surface area contributed by atoms with E-state index in [-0.39, 0.29) is 24.3 Å². The third-order valence-electron chi connectivity index (χ3n) is 3.00. The molecule has 1 fully saturated rings. The highest BCUT2D eigenvalue weighted by molar-refractivity contribution is 7.10. The minimum absolute atomic E-state index is 0.0721. The van der Waals surface area contributed by atoms with Crippen molar-refractivity contribution >= 4 is 29.1 Å². The van der Waals surface area contributed by atoms with Crippen molar-refractivity contribution in [1.82, 2.24) is 10.6 Å². The van der Waals surface area contributed by atoms with Gasteiger partial charge >= 0.3 is 5.97 Å². The highest BCUT2D eigenvalue weighted by Gasteiger charge is 2.29. The van der Waals surface area contributed by atoms with Gasteiger partial charge in [-0.05, 0) is 17.9 Å². The van der Waals surface area contributed by atoms with E-state index < -0.39 is 12.0 Å². The van der Waals surface area contributed by atoms with Crippen LogP contribution in [0.25, 0.3) is 0 Å².